The Morgan fingerprint density at radius 3 is 2.59 bits per heavy atom. The lowest BCUT2D eigenvalue weighted by Gasteiger charge is -2.26. The molecule has 22 heavy (non-hydrogen) atoms. The Morgan fingerprint density at radius 1 is 1.14 bits per heavy atom. The molecule has 0 unspecified atom stereocenters. The van der Waals surface area contributed by atoms with Crippen LogP contribution in [0.25, 0.3) is 0 Å². The van der Waals surface area contributed by atoms with Gasteiger partial charge in [0, 0.05) is 24.7 Å². The van der Waals surface area contributed by atoms with Gasteiger partial charge in [0.15, 0.2) is 0 Å². The SMILES string of the molecule is C[C@H](N)CN1C(=O)c2ccccc2N(C)c2ccc(Cl)cc21. The number of hydrogen-bond acceptors (Lipinski definition) is 3. The van der Waals surface area contributed by atoms with Crippen LogP contribution in [0.15, 0.2) is 42.5 Å². The van der Waals surface area contributed by atoms with E-state index in [2.05, 4.69) is 0 Å². The lowest BCUT2D eigenvalue weighted by Crippen LogP contribution is -2.39. The molecule has 0 fully saturated rings. The Balaban J connectivity index is 2.25. The molecule has 2 N–H and O–H groups in total. The van der Waals surface area contributed by atoms with E-state index in [1.807, 2.05) is 61.3 Å². The van der Waals surface area contributed by atoms with Crippen LogP contribution in [0.3, 0.4) is 0 Å². The fourth-order valence-corrected chi connectivity index (χ4v) is 2.96. The summed E-state index contributed by atoms with van der Waals surface area (Å²) < 4.78 is 0. The van der Waals surface area contributed by atoms with Gasteiger partial charge in [0.05, 0.1) is 22.6 Å². The third-order valence-electron chi connectivity index (χ3n) is 3.80. The highest BCUT2D eigenvalue weighted by Crippen LogP contribution is 2.40. The number of anilines is 3. The van der Waals surface area contributed by atoms with E-state index in [-0.39, 0.29) is 11.9 Å². The standard InChI is InChI=1S/C17H18ClN3O/c1-11(19)10-21-16-9-12(18)7-8-15(16)20(2)14-6-4-3-5-13(14)17(21)22/h3-9,11H,10,19H2,1-2H3/t11-/m0/s1. The Bertz CT molecular complexity index is 730. The first-order valence-corrected chi connectivity index (χ1v) is 7.56. The molecule has 0 bridgehead atoms. The largest absolute Gasteiger partial charge is 0.342 e. The Kier molecular flexibility index (Phi) is 3.81. The van der Waals surface area contributed by atoms with Crippen LogP contribution < -0.4 is 15.5 Å². The van der Waals surface area contributed by atoms with E-state index >= 15 is 0 Å². The maximum atomic E-state index is 13.0. The number of para-hydroxylation sites is 1. The summed E-state index contributed by atoms with van der Waals surface area (Å²) in [6.07, 6.45) is 0. The molecule has 0 spiro atoms. The smallest absolute Gasteiger partial charge is 0.260 e. The Hall–Kier alpha value is -2.04. The van der Waals surface area contributed by atoms with Crippen LogP contribution in [0.5, 0.6) is 0 Å². The molecule has 2 aromatic rings. The van der Waals surface area contributed by atoms with Crippen molar-refractivity contribution in [3.8, 4) is 0 Å². The van der Waals surface area contributed by atoms with Crippen LogP contribution in [-0.4, -0.2) is 25.5 Å². The normalized spacial score (nSPS) is 15.2. The van der Waals surface area contributed by atoms with Gasteiger partial charge in [-0.05, 0) is 37.3 Å². The molecule has 1 aliphatic rings. The summed E-state index contributed by atoms with van der Waals surface area (Å²) >= 11 is 6.15. The van der Waals surface area contributed by atoms with Gasteiger partial charge >= 0.3 is 0 Å². The van der Waals surface area contributed by atoms with E-state index in [9.17, 15) is 4.79 Å². The van der Waals surface area contributed by atoms with Crippen molar-refractivity contribution in [1.82, 2.24) is 0 Å². The molecule has 0 saturated heterocycles. The number of carbonyl (C=O) groups is 1. The van der Waals surface area contributed by atoms with Gasteiger partial charge in [-0.2, -0.15) is 0 Å². The highest BCUT2D eigenvalue weighted by molar-refractivity contribution is 6.31. The van der Waals surface area contributed by atoms with Gasteiger partial charge in [-0.15, -0.1) is 0 Å². The van der Waals surface area contributed by atoms with E-state index in [0.29, 0.717) is 17.1 Å². The molecule has 4 nitrogen and oxygen atoms in total. The number of halogens is 1. The predicted octanol–water partition coefficient (Wildman–Crippen LogP) is 3.42. The van der Waals surface area contributed by atoms with Gasteiger partial charge in [-0.25, -0.2) is 0 Å². The van der Waals surface area contributed by atoms with Crippen molar-refractivity contribution in [2.24, 2.45) is 5.73 Å². The van der Waals surface area contributed by atoms with Crippen molar-refractivity contribution in [3.05, 3.63) is 53.1 Å². The lowest BCUT2D eigenvalue weighted by molar-refractivity contribution is 0.0987. The van der Waals surface area contributed by atoms with Gasteiger partial charge < -0.3 is 15.5 Å². The molecule has 2 aromatic carbocycles. The first-order valence-electron chi connectivity index (χ1n) is 7.19. The second kappa shape index (κ2) is 5.63. The number of hydrogen-bond donors (Lipinski definition) is 1. The predicted molar refractivity (Wildman–Crippen MR) is 91.3 cm³/mol. The minimum absolute atomic E-state index is 0.0548. The number of rotatable bonds is 2. The summed E-state index contributed by atoms with van der Waals surface area (Å²) in [6, 6.07) is 13.0. The van der Waals surface area contributed by atoms with Crippen LogP contribution in [0.1, 0.15) is 17.3 Å². The molecule has 1 aliphatic heterocycles. The van der Waals surface area contributed by atoms with Gasteiger partial charge in [0.2, 0.25) is 0 Å². The zero-order chi connectivity index (χ0) is 15.9. The monoisotopic (exact) mass is 315 g/mol. The molecule has 5 heteroatoms. The summed E-state index contributed by atoms with van der Waals surface area (Å²) in [5.74, 6) is -0.0548. The van der Waals surface area contributed by atoms with Crippen LogP contribution in [0.2, 0.25) is 5.02 Å². The van der Waals surface area contributed by atoms with E-state index in [1.54, 1.807) is 4.90 Å². The van der Waals surface area contributed by atoms with Crippen molar-refractivity contribution < 1.29 is 4.79 Å². The minimum atomic E-state index is -0.133. The second-order valence-electron chi connectivity index (χ2n) is 5.60. The first-order chi connectivity index (χ1) is 10.5. The van der Waals surface area contributed by atoms with Crippen molar-refractivity contribution in [2.75, 3.05) is 23.4 Å². The van der Waals surface area contributed by atoms with Gasteiger partial charge in [-0.3, -0.25) is 4.79 Å². The first kappa shape index (κ1) is 14.9. The van der Waals surface area contributed by atoms with Crippen molar-refractivity contribution >= 4 is 34.6 Å². The van der Waals surface area contributed by atoms with E-state index in [4.69, 9.17) is 17.3 Å². The molecule has 1 amide bonds. The molecule has 0 aliphatic carbocycles. The fraction of sp³-hybridized carbons (Fsp3) is 0.235. The average Bonchev–Trinajstić information content (AvgIpc) is 2.57. The van der Waals surface area contributed by atoms with Crippen LogP contribution in [0, 0.1) is 0 Å². The van der Waals surface area contributed by atoms with Crippen LogP contribution in [0.4, 0.5) is 17.1 Å². The molecule has 0 aromatic heterocycles. The molecule has 0 saturated carbocycles. The summed E-state index contributed by atoms with van der Waals surface area (Å²) in [6.45, 7) is 2.33. The molecule has 1 atom stereocenters. The molecule has 1 heterocycles. The van der Waals surface area contributed by atoms with Crippen LogP contribution >= 0.6 is 11.6 Å². The maximum Gasteiger partial charge on any atom is 0.260 e. The molecule has 3 rings (SSSR count). The quantitative estimate of drug-likeness (QED) is 0.924. The number of nitrogens with two attached hydrogens (primary N) is 1. The van der Waals surface area contributed by atoms with Gasteiger partial charge in [0.25, 0.3) is 5.91 Å². The van der Waals surface area contributed by atoms with Crippen molar-refractivity contribution in [1.29, 1.82) is 0 Å². The Labute approximate surface area is 135 Å². The summed E-state index contributed by atoms with van der Waals surface area (Å²) in [5, 5.41) is 0.598. The number of amides is 1. The Morgan fingerprint density at radius 2 is 1.86 bits per heavy atom. The molecular weight excluding hydrogens is 298 g/mol. The van der Waals surface area contributed by atoms with E-state index in [0.717, 1.165) is 17.1 Å². The third kappa shape index (κ3) is 2.45. The number of benzene rings is 2. The summed E-state index contributed by atoms with van der Waals surface area (Å²) in [4.78, 5) is 16.7. The highest BCUT2D eigenvalue weighted by Gasteiger charge is 2.29. The van der Waals surface area contributed by atoms with Crippen LogP contribution in [-0.2, 0) is 0 Å². The lowest BCUT2D eigenvalue weighted by atomic mass is 10.1. The molecule has 0 radical (unpaired) electrons. The second-order valence-corrected chi connectivity index (χ2v) is 6.04. The van der Waals surface area contributed by atoms with E-state index < -0.39 is 0 Å². The van der Waals surface area contributed by atoms with Crippen molar-refractivity contribution in [2.45, 2.75) is 13.0 Å². The minimum Gasteiger partial charge on any atom is -0.342 e. The number of nitrogens with zero attached hydrogens (tertiary/aromatic N) is 2. The number of carbonyl (C=O) groups excluding carboxylic acids is 1. The third-order valence-corrected chi connectivity index (χ3v) is 4.04. The summed E-state index contributed by atoms with van der Waals surface area (Å²) in [5.41, 5.74) is 9.21. The highest BCUT2D eigenvalue weighted by atomic mass is 35.5. The fourth-order valence-electron chi connectivity index (χ4n) is 2.80. The topological polar surface area (TPSA) is 49.6 Å². The average molecular weight is 316 g/mol. The van der Waals surface area contributed by atoms with E-state index in [1.165, 1.54) is 0 Å². The molecular formula is C17H18ClN3O. The van der Waals surface area contributed by atoms with Gasteiger partial charge in [-0.1, -0.05) is 23.7 Å². The van der Waals surface area contributed by atoms with Gasteiger partial charge in [0.1, 0.15) is 0 Å². The maximum absolute atomic E-state index is 13.0. The zero-order valence-corrected chi connectivity index (χ0v) is 13.3. The van der Waals surface area contributed by atoms with Crippen molar-refractivity contribution in [3.63, 3.8) is 0 Å². The summed E-state index contributed by atoms with van der Waals surface area (Å²) in [7, 11) is 1.95. The number of fused-ring (bicyclic) bond motifs is 2. The zero-order valence-electron chi connectivity index (χ0n) is 12.6. The molecule has 114 valence electrons.